The minimum absolute atomic E-state index is 0.117. The van der Waals surface area contributed by atoms with Gasteiger partial charge in [-0.25, -0.2) is 14.3 Å². The molecule has 0 amide bonds. The van der Waals surface area contributed by atoms with E-state index >= 15 is 0 Å². The van der Waals surface area contributed by atoms with Gasteiger partial charge in [-0.1, -0.05) is 24.3 Å². The van der Waals surface area contributed by atoms with Gasteiger partial charge in [-0.15, -0.1) is 0 Å². The van der Waals surface area contributed by atoms with E-state index in [9.17, 15) is 9.59 Å². The van der Waals surface area contributed by atoms with Gasteiger partial charge in [0.2, 0.25) is 0 Å². The lowest BCUT2D eigenvalue weighted by Gasteiger charge is -2.14. The van der Waals surface area contributed by atoms with E-state index < -0.39 is 11.2 Å². The van der Waals surface area contributed by atoms with Crippen molar-refractivity contribution in [2.24, 2.45) is 0 Å². The van der Waals surface area contributed by atoms with E-state index in [2.05, 4.69) is 9.97 Å². The quantitative estimate of drug-likeness (QED) is 0.573. The molecule has 0 atom stereocenters. The van der Waals surface area contributed by atoms with E-state index in [-0.39, 0.29) is 17.7 Å². The van der Waals surface area contributed by atoms with Crippen molar-refractivity contribution in [1.29, 1.82) is 0 Å². The van der Waals surface area contributed by atoms with Crippen LogP contribution in [0, 0.1) is 0 Å². The van der Waals surface area contributed by atoms with Gasteiger partial charge >= 0.3 is 5.69 Å². The number of nitrogens with zero attached hydrogens (tertiary/aromatic N) is 3. The molecule has 0 unspecified atom stereocenters. The van der Waals surface area contributed by atoms with Crippen molar-refractivity contribution in [3.8, 4) is 17.2 Å². The number of rotatable bonds is 5. The van der Waals surface area contributed by atoms with Crippen LogP contribution in [-0.2, 0) is 6.54 Å². The molecule has 0 fully saturated rings. The third kappa shape index (κ3) is 2.84. The number of H-pyrrole nitrogens is 1. The Morgan fingerprint density at radius 1 is 1.00 bits per heavy atom. The second-order valence-electron chi connectivity index (χ2n) is 6.13. The van der Waals surface area contributed by atoms with E-state index in [0.29, 0.717) is 17.2 Å². The predicted octanol–water partition coefficient (Wildman–Crippen LogP) is 1.94. The van der Waals surface area contributed by atoms with Gasteiger partial charge in [-0.05, 0) is 29.8 Å². The summed E-state index contributed by atoms with van der Waals surface area (Å²) >= 11 is 0. The molecule has 2 aromatic heterocycles. The number of para-hydroxylation sites is 2. The molecular weight excluding hydrogens is 360 g/mol. The summed E-state index contributed by atoms with van der Waals surface area (Å²) in [5.41, 5.74) is 0.884. The van der Waals surface area contributed by atoms with E-state index in [4.69, 9.17) is 9.47 Å². The topological polar surface area (TPSA) is 91.1 Å². The average molecular weight is 378 g/mol. The van der Waals surface area contributed by atoms with Crippen LogP contribution >= 0.6 is 0 Å². The van der Waals surface area contributed by atoms with Crippen LogP contribution in [0.3, 0.4) is 0 Å². The maximum absolute atomic E-state index is 13.3. The Morgan fingerprint density at radius 2 is 1.75 bits per heavy atom. The summed E-state index contributed by atoms with van der Waals surface area (Å²) in [7, 11) is 3.11. The number of aromatic amines is 1. The normalized spacial score (nSPS) is 10.9. The molecule has 0 spiro atoms. The van der Waals surface area contributed by atoms with Crippen LogP contribution < -0.4 is 20.7 Å². The number of hydrogen-bond donors (Lipinski definition) is 1. The monoisotopic (exact) mass is 378 g/mol. The van der Waals surface area contributed by atoms with Crippen molar-refractivity contribution in [2.45, 2.75) is 6.54 Å². The van der Waals surface area contributed by atoms with Crippen molar-refractivity contribution >= 4 is 11.2 Å². The summed E-state index contributed by atoms with van der Waals surface area (Å²) < 4.78 is 13.1. The molecule has 0 aliphatic rings. The minimum Gasteiger partial charge on any atom is -0.497 e. The highest BCUT2D eigenvalue weighted by atomic mass is 16.5. The van der Waals surface area contributed by atoms with Crippen molar-refractivity contribution in [3.05, 3.63) is 81.3 Å². The first-order valence-corrected chi connectivity index (χ1v) is 8.59. The van der Waals surface area contributed by atoms with Crippen molar-refractivity contribution in [3.63, 3.8) is 0 Å². The molecule has 0 aliphatic carbocycles. The number of fused-ring (bicyclic) bond motifs is 1. The first-order chi connectivity index (χ1) is 13.6. The molecule has 4 aromatic rings. The standard InChI is InChI=1S/C20H18N4O4/c1-27-14-9-7-13(8-10-14)11-23-19(25)17-18(22-12-21-17)24(20(23)26)15-5-3-4-6-16(15)28-2/h3-10,12H,11H2,1-2H3,(H,21,22). The predicted molar refractivity (Wildman–Crippen MR) is 105 cm³/mol. The van der Waals surface area contributed by atoms with Crippen LogP contribution in [0.15, 0.2) is 64.4 Å². The molecule has 8 nitrogen and oxygen atoms in total. The Labute approximate surface area is 159 Å². The molecule has 0 saturated carbocycles. The lowest BCUT2D eigenvalue weighted by molar-refractivity contribution is 0.412. The maximum Gasteiger partial charge on any atom is 0.337 e. The SMILES string of the molecule is COc1ccc(Cn2c(=O)c3[nH]cnc3n(-c3ccccc3OC)c2=O)cc1. The Kier molecular flexibility index (Phi) is 4.44. The van der Waals surface area contributed by atoms with Crippen molar-refractivity contribution < 1.29 is 9.47 Å². The molecule has 28 heavy (non-hydrogen) atoms. The molecule has 0 aliphatic heterocycles. The lowest BCUT2D eigenvalue weighted by atomic mass is 10.2. The summed E-state index contributed by atoms with van der Waals surface area (Å²) in [6.45, 7) is 0.117. The zero-order valence-corrected chi connectivity index (χ0v) is 15.4. The fraction of sp³-hybridized carbons (Fsp3) is 0.150. The van der Waals surface area contributed by atoms with Crippen molar-refractivity contribution in [1.82, 2.24) is 19.1 Å². The summed E-state index contributed by atoms with van der Waals surface area (Å²) in [5, 5.41) is 0. The highest BCUT2D eigenvalue weighted by Gasteiger charge is 2.18. The number of nitrogens with one attached hydrogen (secondary N) is 1. The fourth-order valence-electron chi connectivity index (χ4n) is 3.13. The van der Waals surface area contributed by atoms with Crippen LogP contribution in [0.5, 0.6) is 11.5 Å². The molecule has 0 radical (unpaired) electrons. The molecule has 2 aromatic carbocycles. The second-order valence-corrected chi connectivity index (χ2v) is 6.13. The number of imidazole rings is 1. The van der Waals surface area contributed by atoms with Crippen LogP contribution in [0.4, 0.5) is 0 Å². The van der Waals surface area contributed by atoms with Crippen LogP contribution in [-0.4, -0.2) is 33.3 Å². The summed E-state index contributed by atoms with van der Waals surface area (Å²) in [5.74, 6) is 1.20. The summed E-state index contributed by atoms with van der Waals surface area (Å²) in [6.07, 6.45) is 1.40. The zero-order chi connectivity index (χ0) is 19.7. The van der Waals surface area contributed by atoms with E-state index in [1.165, 1.54) is 22.6 Å². The van der Waals surface area contributed by atoms with Gasteiger partial charge in [0.1, 0.15) is 17.0 Å². The Balaban J connectivity index is 1.95. The van der Waals surface area contributed by atoms with Gasteiger partial charge in [0.25, 0.3) is 5.56 Å². The van der Waals surface area contributed by atoms with Gasteiger partial charge in [0.05, 0.1) is 32.8 Å². The molecule has 1 N–H and O–H groups in total. The molecule has 4 rings (SSSR count). The number of ether oxygens (including phenoxy) is 2. The highest BCUT2D eigenvalue weighted by Crippen LogP contribution is 2.22. The van der Waals surface area contributed by atoms with Gasteiger partial charge in [0, 0.05) is 0 Å². The number of hydrogen-bond acceptors (Lipinski definition) is 5. The van der Waals surface area contributed by atoms with Gasteiger partial charge in [-0.2, -0.15) is 0 Å². The third-order valence-corrected chi connectivity index (χ3v) is 4.54. The van der Waals surface area contributed by atoms with Gasteiger partial charge in [0.15, 0.2) is 5.65 Å². The van der Waals surface area contributed by atoms with Crippen LogP contribution in [0.2, 0.25) is 0 Å². The van der Waals surface area contributed by atoms with Crippen molar-refractivity contribution in [2.75, 3.05) is 14.2 Å². The average Bonchev–Trinajstić information content (AvgIpc) is 3.21. The molecule has 8 heteroatoms. The molecule has 0 bridgehead atoms. The van der Waals surface area contributed by atoms with Gasteiger partial charge < -0.3 is 14.5 Å². The van der Waals surface area contributed by atoms with E-state index in [0.717, 1.165) is 5.56 Å². The largest absolute Gasteiger partial charge is 0.497 e. The Morgan fingerprint density at radius 3 is 2.46 bits per heavy atom. The third-order valence-electron chi connectivity index (χ3n) is 4.54. The first kappa shape index (κ1) is 17.6. The van der Waals surface area contributed by atoms with Gasteiger partial charge in [-0.3, -0.25) is 9.36 Å². The maximum atomic E-state index is 13.3. The number of methoxy groups -OCH3 is 2. The molecular formula is C20H18N4O4. The second kappa shape index (κ2) is 7.07. The first-order valence-electron chi connectivity index (χ1n) is 8.59. The molecule has 142 valence electrons. The molecule has 0 saturated heterocycles. The van der Waals surface area contributed by atoms with Crippen LogP contribution in [0.25, 0.3) is 16.9 Å². The highest BCUT2D eigenvalue weighted by molar-refractivity contribution is 5.72. The summed E-state index contributed by atoms with van der Waals surface area (Å²) in [6, 6.07) is 14.3. The van der Waals surface area contributed by atoms with E-state index in [1.807, 2.05) is 18.2 Å². The number of benzene rings is 2. The minimum atomic E-state index is -0.495. The lowest BCUT2D eigenvalue weighted by Crippen LogP contribution is -2.40. The van der Waals surface area contributed by atoms with E-state index in [1.54, 1.807) is 37.4 Å². The smallest absolute Gasteiger partial charge is 0.337 e. The molecule has 2 heterocycles. The number of aromatic nitrogens is 4. The fourth-order valence-corrected chi connectivity index (χ4v) is 3.13. The Bertz CT molecular complexity index is 1250. The Hall–Kier alpha value is -3.81. The summed E-state index contributed by atoms with van der Waals surface area (Å²) in [4.78, 5) is 33.2. The van der Waals surface area contributed by atoms with Crippen LogP contribution in [0.1, 0.15) is 5.56 Å². The zero-order valence-electron chi connectivity index (χ0n) is 15.4.